The lowest BCUT2D eigenvalue weighted by atomic mass is 10.2. The molecule has 1 saturated heterocycles. The first-order valence-corrected chi connectivity index (χ1v) is 6.96. The minimum absolute atomic E-state index is 0.102. The van der Waals surface area contributed by atoms with Crippen molar-refractivity contribution < 1.29 is 14.4 Å². The lowest BCUT2D eigenvalue weighted by Crippen LogP contribution is -2.29. The Morgan fingerprint density at radius 2 is 2.37 bits per heavy atom. The highest BCUT2D eigenvalue weighted by molar-refractivity contribution is 5.76. The first-order valence-electron chi connectivity index (χ1n) is 6.96. The number of amides is 1. The zero-order chi connectivity index (χ0) is 13.7. The molecule has 0 unspecified atom stereocenters. The number of carbonyl (C=O) groups is 1. The molecule has 1 aromatic heterocycles. The molecule has 19 heavy (non-hydrogen) atoms. The normalized spacial score (nSPS) is 19.1. The molecular weight excluding hydrogens is 246 g/mol. The van der Waals surface area contributed by atoms with Crippen LogP contribution in [-0.2, 0) is 17.6 Å². The number of aliphatic hydroxyl groups excluding tert-OH is 1. The largest absolute Gasteiger partial charge is 0.391 e. The minimum Gasteiger partial charge on any atom is -0.391 e. The second-order valence-electron chi connectivity index (χ2n) is 4.99. The van der Waals surface area contributed by atoms with E-state index in [1.54, 1.807) is 4.90 Å². The van der Waals surface area contributed by atoms with Crippen molar-refractivity contribution in [2.75, 3.05) is 13.1 Å². The van der Waals surface area contributed by atoms with Crippen LogP contribution in [-0.4, -0.2) is 45.2 Å². The van der Waals surface area contributed by atoms with Crippen LogP contribution in [0.2, 0.25) is 0 Å². The molecular formula is C13H21N3O3. The Bertz CT molecular complexity index is 419. The van der Waals surface area contributed by atoms with Crippen molar-refractivity contribution in [1.82, 2.24) is 15.0 Å². The molecule has 1 aliphatic heterocycles. The molecule has 6 heteroatoms. The quantitative estimate of drug-likeness (QED) is 0.829. The van der Waals surface area contributed by atoms with Crippen molar-refractivity contribution >= 4 is 5.91 Å². The van der Waals surface area contributed by atoms with E-state index in [-0.39, 0.29) is 12.0 Å². The van der Waals surface area contributed by atoms with Crippen molar-refractivity contribution in [2.24, 2.45) is 0 Å². The van der Waals surface area contributed by atoms with Crippen LogP contribution in [0.1, 0.15) is 44.3 Å². The molecule has 1 fully saturated rings. The fraction of sp³-hybridized carbons (Fsp3) is 0.769. The average Bonchev–Trinajstić information content (AvgIpc) is 2.99. The molecule has 106 valence electrons. The van der Waals surface area contributed by atoms with Gasteiger partial charge in [-0.2, -0.15) is 4.98 Å². The predicted molar refractivity (Wildman–Crippen MR) is 68.4 cm³/mol. The van der Waals surface area contributed by atoms with Gasteiger partial charge in [0.25, 0.3) is 0 Å². The summed E-state index contributed by atoms with van der Waals surface area (Å²) >= 11 is 0. The van der Waals surface area contributed by atoms with Crippen molar-refractivity contribution in [3.8, 4) is 0 Å². The number of hydrogen-bond acceptors (Lipinski definition) is 5. The van der Waals surface area contributed by atoms with Crippen LogP contribution in [0.15, 0.2) is 4.52 Å². The fourth-order valence-corrected chi connectivity index (χ4v) is 2.23. The maximum absolute atomic E-state index is 11.8. The third-order valence-corrected chi connectivity index (χ3v) is 3.28. The first-order chi connectivity index (χ1) is 9.19. The molecule has 2 rings (SSSR count). The summed E-state index contributed by atoms with van der Waals surface area (Å²) in [6.45, 7) is 3.21. The summed E-state index contributed by atoms with van der Waals surface area (Å²) in [5.74, 6) is 1.45. The minimum atomic E-state index is -0.350. The summed E-state index contributed by atoms with van der Waals surface area (Å²) in [5, 5.41) is 13.3. The number of rotatable bonds is 6. The van der Waals surface area contributed by atoms with Gasteiger partial charge in [-0.3, -0.25) is 4.79 Å². The second kappa shape index (κ2) is 6.65. The molecule has 1 atom stereocenters. The number of carbonyl (C=O) groups excluding carboxylic acids is 1. The topological polar surface area (TPSA) is 79.5 Å². The maximum atomic E-state index is 11.8. The van der Waals surface area contributed by atoms with E-state index in [2.05, 4.69) is 17.1 Å². The highest BCUT2D eigenvalue weighted by Crippen LogP contribution is 2.12. The Kier molecular flexibility index (Phi) is 4.90. The molecule has 1 amide bonds. The zero-order valence-corrected chi connectivity index (χ0v) is 11.3. The molecule has 0 bridgehead atoms. The van der Waals surface area contributed by atoms with Crippen LogP contribution in [0.4, 0.5) is 0 Å². The van der Waals surface area contributed by atoms with E-state index < -0.39 is 0 Å². The summed E-state index contributed by atoms with van der Waals surface area (Å²) in [7, 11) is 0. The summed E-state index contributed by atoms with van der Waals surface area (Å²) in [6, 6.07) is 0. The standard InChI is InChI=1S/C13H21N3O3/c1-2-4-11-14-12(19-15-11)5-3-6-13(18)16-8-7-10(17)9-16/h10,17H,2-9H2,1H3/t10-/m1/s1. The first kappa shape index (κ1) is 14.0. The molecule has 0 aliphatic carbocycles. The molecule has 6 nitrogen and oxygen atoms in total. The fourth-order valence-electron chi connectivity index (χ4n) is 2.23. The third kappa shape index (κ3) is 4.02. The molecule has 0 aromatic carbocycles. The van der Waals surface area contributed by atoms with Gasteiger partial charge in [0.1, 0.15) is 0 Å². The van der Waals surface area contributed by atoms with Gasteiger partial charge in [0.15, 0.2) is 5.82 Å². The van der Waals surface area contributed by atoms with Gasteiger partial charge in [-0.1, -0.05) is 12.1 Å². The number of aromatic nitrogens is 2. The third-order valence-electron chi connectivity index (χ3n) is 3.28. The molecule has 2 heterocycles. The highest BCUT2D eigenvalue weighted by atomic mass is 16.5. The Balaban J connectivity index is 1.69. The Hall–Kier alpha value is -1.43. The number of aryl methyl sites for hydroxylation is 2. The van der Waals surface area contributed by atoms with Gasteiger partial charge in [0.2, 0.25) is 11.8 Å². The van der Waals surface area contributed by atoms with Crippen LogP contribution in [0, 0.1) is 0 Å². The second-order valence-corrected chi connectivity index (χ2v) is 4.99. The van der Waals surface area contributed by atoms with E-state index in [4.69, 9.17) is 4.52 Å². The monoisotopic (exact) mass is 267 g/mol. The van der Waals surface area contributed by atoms with Gasteiger partial charge in [-0.25, -0.2) is 0 Å². The van der Waals surface area contributed by atoms with Crippen LogP contribution in [0.3, 0.4) is 0 Å². The van der Waals surface area contributed by atoms with Crippen molar-refractivity contribution in [3.63, 3.8) is 0 Å². The summed E-state index contributed by atoms with van der Waals surface area (Å²) in [5.41, 5.74) is 0. The van der Waals surface area contributed by atoms with Gasteiger partial charge < -0.3 is 14.5 Å². The van der Waals surface area contributed by atoms with Gasteiger partial charge in [0.05, 0.1) is 6.10 Å². The SMILES string of the molecule is CCCc1noc(CCCC(=O)N2CC[C@@H](O)C2)n1. The van der Waals surface area contributed by atoms with E-state index >= 15 is 0 Å². The van der Waals surface area contributed by atoms with Crippen LogP contribution in [0.25, 0.3) is 0 Å². The Morgan fingerprint density at radius 3 is 3.05 bits per heavy atom. The van der Waals surface area contributed by atoms with Crippen molar-refractivity contribution in [2.45, 2.75) is 51.6 Å². The van der Waals surface area contributed by atoms with Gasteiger partial charge in [-0.05, 0) is 19.3 Å². The highest BCUT2D eigenvalue weighted by Gasteiger charge is 2.23. The molecule has 0 saturated carbocycles. The summed E-state index contributed by atoms with van der Waals surface area (Å²) < 4.78 is 5.12. The van der Waals surface area contributed by atoms with Crippen molar-refractivity contribution in [1.29, 1.82) is 0 Å². The number of likely N-dealkylation sites (tertiary alicyclic amines) is 1. The summed E-state index contributed by atoms with van der Waals surface area (Å²) in [4.78, 5) is 17.8. The van der Waals surface area contributed by atoms with E-state index in [1.165, 1.54) is 0 Å². The van der Waals surface area contributed by atoms with Crippen molar-refractivity contribution in [3.05, 3.63) is 11.7 Å². The zero-order valence-electron chi connectivity index (χ0n) is 11.3. The van der Waals surface area contributed by atoms with E-state index in [0.29, 0.717) is 44.7 Å². The lowest BCUT2D eigenvalue weighted by Gasteiger charge is -2.14. The smallest absolute Gasteiger partial charge is 0.226 e. The predicted octanol–water partition coefficient (Wildman–Crippen LogP) is 0.938. The number of β-amino-alcohol motifs (C(OH)–C–C–N with tert-alkyl or cyclic N) is 1. The van der Waals surface area contributed by atoms with E-state index in [0.717, 1.165) is 18.7 Å². The van der Waals surface area contributed by atoms with Crippen LogP contribution < -0.4 is 0 Å². The Morgan fingerprint density at radius 1 is 1.53 bits per heavy atom. The Labute approximate surface area is 112 Å². The van der Waals surface area contributed by atoms with Gasteiger partial charge in [-0.15, -0.1) is 0 Å². The molecule has 1 aromatic rings. The number of hydrogen-bond donors (Lipinski definition) is 1. The average molecular weight is 267 g/mol. The van der Waals surface area contributed by atoms with Crippen LogP contribution >= 0.6 is 0 Å². The summed E-state index contributed by atoms with van der Waals surface area (Å²) in [6.07, 6.45) is 3.98. The molecule has 0 radical (unpaired) electrons. The van der Waals surface area contributed by atoms with E-state index in [1.807, 2.05) is 0 Å². The number of aliphatic hydroxyl groups is 1. The van der Waals surface area contributed by atoms with Gasteiger partial charge >= 0.3 is 0 Å². The van der Waals surface area contributed by atoms with E-state index in [9.17, 15) is 9.90 Å². The van der Waals surface area contributed by atoms with Crippen LogP contribution in [0.5, 0.6) is 0 Å². The molecule has 1 N–H and O–H groups in total. The lowest BCUT2D eigenvalue weighted by molar-refractivity contribution is -0.130. The number of nitrogens with zero attached hydrogens (tertiary/aromatic N) is 3. The molecule has 1 aliphatic rings. The van der Waals surface area contributed by atoms with Gasteiger partial charge in [0, 0.05) is 32.4 Å². The molecule has 0 spiro atoms. The maximum Gasteiger partial charge on any atom is 0.226 e.